The van der Waals surface area contributed by atoms with E-state index in [4.69, 9.17) is 4.74 Å². The van der Waals surface area contributed by atoms with Crippen LogP contribution in [-0.4, -0.2) is 31.0 Å². The van der Waals surface area contributed by atoms with Gasteiger partial charge in [0.15, 0.2) is 0 Å². The minimum absolute atomic E-state index is 0.0835. The van der Waals surface area contributed by atoms with Crippen LogP contribution in [0.5, 0.6) is 5.75 Å². The molecule has 1 aliphatic rings. The number of carbonyl (C=O) groups excluding carboxylic acids is 1. The van der Waals surface area contributed by atoms with Gasteiger partial charge in [-0.05, 0) is 36.5 Å². The number of methoxy groups -OCH3 is 1. The van der Waals surface area contributed by atoms with Gasteiger partial charge in [0.05, 0.1) is 12.7 Å². The number of ether oxygens (including phenoxy) is 1. The number of carbonyl (C=O) groups is 1. The predicted octanol–water partition coefficient (Wildman–Crippen LogP) is 4.50. The van der Waals surface area contributed by atoms with Gasteiger partial charge >= 0.3 is 0 Å². The Morgan fingerprint density at radius 2 is 1.90 bits per heavy atom. The molecule has 2 rings (SSSR count). The first-order chi connectivity index (χ1) is 10.0. The molecule has 1 aromatic carbocycles. The number of piperidine rings is 1. The molecule has 0 N–H and O–H groups in total. The zero-order valence-corrected chi connectivity index (χ0v) is 14.7. The first-order valence-electron chi connectivity index (χ1n) is 7.68. The van der Waals surface area contributed by atoms with Crippen molar-refractivity contribution in [2.24, 2.45) is 5.41 Å². The second-order valence-electron chi connectivity index (χ2n) is 5.84. The van der Waals surface area contributed by atoms with Crippen molar-refractivity contribution in [3.63, 3.8) is 0 Å². The number of hydrogen-bond acceptors (Lipinski definition) is 2. The first kappa shape index (κ1) is 16.3. The molecule has 0 saturated carbocycles. The highest BCUT2D eigenvalue weighted by molar-refractivity contribution is 9.10. The Balaban J connectivity index is 2.12. The van der Waals surface area contributed by atoms with Crippen LogP contribution < -0.4 is 4.74 Å². The zero-order valence-electron chi connectivity index (χ0n) is 13.1. The number of amides is 1. The van der Waals surface area contributed by atoms with E-state index in [1.54, 1.807) is 7.11 Å². The largest absolute Gasteiger partial charge is 0.496 e. The summed E-state index contributed by atoms with van der Waals surface area (Å²) in [5, 5.41) is 0. The standard InChI is InChI=1S/C17H24BrNO2/c1-4-17(5-2)8-10-19(11-9-17)16(20)14-7-6-13(18)12-15(14)21-3/h6-7,12H,4-5,8-11H2,1-3H3. The molecule has 0 aromatic heterocycles. The quantitative estimate of drug-likeness (QED) is 0.797. The molecule has 1 aliphatic heterocycles. The molecule has 0 unspecified atom stereocenters. The Morgan fingerprint density at radius 3 is 2.43 bits per heavy atom. The first-order valence-corrected chi connectivity index (χ1v) is 8.47. The topological polar surface area (TPSA) is 29.5 Å². The minimum Gasteiger partial charge on any atom is -0.496 e. The number of nitrogens with zero attached hydrogens (tertiary/aromatic N) is 1. The molecule has 0 aliphatic carbocycles. The molecule has 0 atom stereocenters. The molecule has 4 heteroatoms. The van der Waals surface area contributed by atoms with Gasteiger partial charge in [-0.15, -0.1) is 0 Å². The van der Waals surface area contributed by atoms with E-state index >= 15 is 0 Å². The second kappa shape index (κ2) is 6.82. The normalized spacial score (nSPS) is 17.6. The van der Waals surface area contributed by atoms with Crippen LogP contribution >= 0.6 is 15.9 Å². The molecule has 1 amide bonds. The van der Waals surface area contributed by atoms with Gasteiger partial charge in [0.2, 0.25) is 0 Å². The Hall–Kier alpha value is -1.03. The molecular formula is C17H24BrNO2. The lowest BCUT2D eigenvalue weighted by Crippen LogP contribution is -2.42. The summed E-state index contributed by atoms with van der Waals surface area (Å²) in [6.45, 7) is 6.22. The third-order valence-corrected chi connectivity index (χ3v) is 5.50. The zero-order chi connectivity index (χ0) is 15.5. The van der Waals surface area contributed by atoms with Crippen molar-refractivity contribution in [1.29, 1.82) is 0 Å². The summed E-state index contributed by atoms with van der Waals surface area (Å²) in [5.41, 5.74) is 1.09. The lowest BCUT2D eigenvalue weighted by molar-refractivity contribution is 0.0555. The molecule has 0 radical (unpaired) electrons. The van der Waals surface area contributed by atoms with Crippen molar-refractivity contribution in [2.45, 2.75) is 39.5 Å². The molecule has 1 saturated heterocycles. The van der Waals surface area contributed by atoms with Crippen LogP contribution in [0, 0.1) is 5.41 Å². The molecule has 3 nitrogen and oxygen atoms in total. The van der Waals surface area contributed by atoms with E-state index in [0.29, 0.717) is 16.7 Å². The summed E-state index contributed by atoms with van der Waals surface area (Å²) in [6, 6.07) is 5.58. The highest BCUT2D eigenvalue weighted by Crippen LogP contribution is 2.38. The Labute approximate surface area is 135 Å². The maximum absolute atomic E-state index is 12.7. The predicted molar refractivity (Wildman–Crippen MR) is 88.8 cm³/mol. The van der Waals surface area contributed by atoms with Crippen LogP contribution in [-0.2, 0) is 0 Å². The number of halogens is 1. The van der Waals surface area contributed by atoms with E-state index in [1.165, 1.54) is 12.8 Å². The highest BCUT2D eigenvalue weighted by Gasteiger charge is 2.33. The van der Waals surface area contributed by atoms with E-state index < -0.39 is 0 Å². The van der Waals surface area contributed by atoms with Gasteiger partial charge < -0.3 is 9.64 Å². The lowest BCUT2D eigenvalue weighted by atomic mass is 9.74. The van der Waals surface area contributed by atoms with E-state index in [0.717, 1.165) is 30.4 Å². The van der Waals surface area contributed by atoms with Crippen molar-refractivity contribution < 1.29 is 9.53 Å². The number of rotatable bonds is 4. The number of likely N-dealkylation sites (tertiary alicyclic amines) is 1. The maximum Gasteiger partial charge on any atom is 0.257 e. The summed E-state index contributed by atoms with van der Waals surface area (Å²) < 4.78 is 6.27. The minimum atomic E-state index is 0.0835. The van der Waals surface area contributed by atoms with E-state index in [1.807, 2.05) is 23.1 Å². The van der Waals surface area contributed by atoms with Gasteiger partial charge in [0.25, 0.3) is 5.91 Å². The van der Waals surface area contributed by atoms with Crippen molar-refractivity contribution >= 4 is 21.8 Å². The average molecular weight is 354 g/mol. The Kier molecular flexibility index (Phi) is 5.31. The number of benzene rings is 1. The molecule has 0 spiro atoms. The van der Waals surface area contributed by atoms with Gasteiger partial charge in [0, 0.05) is 17.6 Å². The van der Waals surface area contributed by atoms with Gasteiger partial charge in [0.1, 0.15) is 5.75 Å². The summed E-state index contributed by atoms with van der Waals surface area (Å²) in [5.74, 6) is 0.720. The highest BCUT2D eigenvalue weighted by atomic mass is 79.9. The summed E-state index contributed by atoms with van der Waals surface area (Å²) in [4.78, 5) is 14.7. The van der Waals surface area contributed by atoms with Crippen molar-refractivity contribution in [2.75, 3.05) is 20.2 Å². The van der Waals surface area contributed by atoms with Crippen LogP contribution in [0.3, 0.4) is 0 Å². The molecule has 0 bridgehead atoms. The van der Waals surface area contributed by atoms with Gasteiger partial charge in [-0.2, -0.15) is 0 Å². The number of hydrogen-bond donors (Lipinski definition) is 0. The summed E-state index contributed by atoms with van der Waals surface area (Å²) in [6.07, 6.45) is 4.61. The van der Waals surface area contributed by atoms with Crippen molar-refractivity contribution in [3.8, 4) is 5.75 Å². The van der Waals surface area contributed by atoms with E-state index in [-0.39, 0.29) is 5.91 Å². The second-order valence-corrected chi connectivity index (χ2v) is 6.76. The van der Waals surface area contributed by atoms with Crippen LogP contribution in [0.25, 0.3) is 0 Å². The van der Waals surface area contributed by atoms with Crippen LogP contribution in [0.15, 0.2) is 22.7 Å². The summed E-state index contributed by atoms with van der Waals surface area (Å²) in [7, 11) is 1.61. The molecule has 116 valence electrons. The third kappa shape index (κ3) is 3.42. The van der Waals surface area contributed by atoms with Gasteiger partial charge in [-0.1, -0.05) is 42.6 Å². The maximum atomic E-state index is 12.7. The summed E-state index contributed by atoms with van der Waals surface area (Å²) >= 11 is 3.41. The van der Waals surface area contributed by atoms with Gasteiger partial charge in [-0.25, -0.2) is 0 Å². The van der Waals surface area contributed by atoms with Crippen LogP contribution in [0.4, 0.5) is 0 Å². The fourth-order valence-corrected chi connectivity index (χ4v) is 3.49. The Bertz CT molecular complexity index is 502. The van der Waals surface area contributed by atoms with E-state index in [2.05, 4.69) is 29.8 Å². The van der Waals surface area contributed by atoms with Crippen molar-refractivity contribution in [3.05, 3.63) is 28.2 Å². The van der Waals surface area contributed by atoms with E-state index in [9.17, 15) is 4.79 Å². The molecule has 1 fully saturated rings. The molecule has 1 aromatic rings. The fraction of sp³-hybridized carbons (Fsp3) is 0.588. The monoisotopic (exact) mass is 353 g/mol. The third-order valence-electron chi connectivity index (χ3n) is 5.01. The Morgan fingerprint density at radius 1 is 1.29 bits per heavy atom. The SMILES string of the molecule is CCC1(CC)CCN(C(=O)c2ccc(Br)cc2OC)CC1. The molecule has 21 heavy (non-hydrogen) atoms. The molecule has 1 heterocycles. The van der Waals surface area contributed by atoms with Crippen LogP contribution in [0.1, 0.15) is 49.9 Å². The molecular weight excluding hydrogens is 330 g/mol. The smallest absolute Gasteiger partial charge is 0.257 e. The van der Waals surface area contributed by atoms with Crippen molar-refractivity contribution in [1.82, 2.24) is 4.90 Å². The van der Waals surface area contributed by atoms with Crippen LogP contribution in [0.2, 0.25) is 0 Å². The average Bonchev–Trinajstić information content (AvgIpc) is 2.54. The fourth-order valence-electron chi connectivity index (χ4n) is 3.15. The van der Waals surface area contributed by atoms with Gasteiger partial charge in [-0.3, -0.25) is 4.79 Å². The lowest BCUT2D eigenvalue weighted by Gasteiger charge is -2.41.